The Hall–Kier alpha value is -1.03. The third-order valence-corrected chi connectivity index (χ3v) is 4.49. The van der Waals surface area contributed by atoms with Gasteiger partial charge in [0.05, 0.1) is 5.56 Å². The molecule has 0 spiro atoms. The minimum atomic E-state index is -4.31. The van der Waals surface area contributed by atoms with Crippen molar-refractivity contribution >= 4 is 0 Å². The Labute approximate surface area is 118 Å². The molecule has 1 aliphatic carbocycles. The predicted molar refractivity (Wildman–Crippen MR) is 74.2 cm³/mol. The van der Waals surface area contributed by atoms with Crippen molar-refractivity contribution in [2.75, 3.05) is 0 Å². The van der Waals surface area contributed by atoms with Crippen LogP contribution in [0.25, 0.3) is 0 Å². The fourth-order valence-corrected chi connectivity index (χ4v) is 2.99. The van der Waals surface area contributed by atoms with E-state index in [-0.39, 0.29) is 5.41 Å². The van der Waals surface area contributed by atoms with Crippen LogP contribution >= 0.6 is 0 Å². The number of nitrogens with two attached hydrogens (primary N) is 1. The summed E-state index contributed by atoms with van der Waals surface area (Å²) in [5.41, 5.74) is 6.05. The maximum absolute atomic E-state index is 12.8. The van der Waals surface area contributed by atoms with Gasteiger partial charge in [-0.1, -0.05) is 32.4 Å². The molecule has 1 atom stereocenters. The van der Waals surface area contributed by atoms with Gasteiger partial charge in [0.2, 0.25) is 0 Å². The van der Waals surface area contributed by atoms with Gasteiger partial charge in [0.15, 0.2) is 0 Å². The van der Waals surface area contributed by atoms with Gasteiger partial charge in [0.1, 0.15) is 0 Å². The lowest BCUT2D eigenvalue weighted by Gasteiger charge is -2.30. The predicted octanol–water partition coefficient (Wildman–Crippen LogP) is 4.85. The molecule has 1 aliphatic rings. The highest BCUT2D eigenvalue weighted by Crippen LogP contribution is 2.42. The first-order valence-corrected chi connectivity index (χ1v) is 7.09. The Kier molecular flexibility index (Phi) is 3.89. The third-order valence-electron chi connectivity index (χ3n) is 4.49. The smallest absolute Gasteiger partial charge is 0.321 e. The molecule has 1 saturated carbocycles. The summed E-state index contributed by atoms with van der Waals surface area (Å²) in [5, 5.41) is 0. The maximum atomic E-state index is 12.8. The minimum absolute atomic E-state index is 0.225. The van der Waals surface area contributed by atoms with Gasteiger partial charge in [0.25, 0.3) is 0 Å². The highest BCUT2D eigenvalue weighted by Gasteiger charge is 2.36. The molecule has 1 nitrogen and oxygen atoms in total. The molecule has 0 radical (unpaired) electrons. The Bertz CT molecular complexity index is 479. The van der Waals surface area contributed by atoms with E-state index in [2.05, 4.69) is 13.8 Å². The first kappa shape index (κ1) is 15.4. The standard InChI is InChI=1S/C16H22F3N/c1-14(2)7-4-8-15(20,10-9-14)12-5-3-6-13(11-12)16(17,18)19/h3,5-6,11H,4,7-10,20H2,1-2H3. The van der Waals surface area contributed by atoms with E-state index in [1.165, 1.54) is 12.1 Å². The molecular weight excluding hydrogens is 263 g/mol. The zero-order valence-corrected chi connectivity index (χ0v) is 12.1. The summed E-state index contributed by atoms with van der Waals surface area (Å²) in [6, 6.07) is 5.52. The molecule has 0 heterocycles. The molecule has 2 N–H and O–H groups in total. The summed E-state index contributed by atoms with van der Waals surface area (Å²) in [6.45, 7) is 4.40. The lowest BCUT2D eigenvalue weighted by Crippen LogP contribution is -2.36. The SMILES string of the molecule is CC1(C)CCCC(N)(c2cccc(C(F)(F)F)c2)CC1. The van der Waals surface area contributed by atoms with Crippen LogP contribution in [0.2, 0.25) is 0 Å². The summed E-state index contributed by atoms with van der Waals surface area (Å²) in [6.07, 6.45) is 0.153. The zero-order valence-electron chi connectivity index (χ0n) is 12.1. The number of rotatable bonds is 1. The van der Waals surface area contributed by atoms with Crippen LogP contribution in [0, 0.1) is 5.41 Å². The number of alkyl halides is 3. The number of hydrogen-bond donors (Lipinski definition) is 1. The third kappa shape index (κ3) is 3.35. The van der Waals surface area contributed by atoms with Gasteiger partial charge >= 0.3 is 6.18 Å². The number of benzene rings is 1. The average molecular weight is 285 g/mol. The summed E-state index contributed by atoms with van der Waals surface area (Å²) >= 11 is 0. The van der Waals surface area contributed by atoms with Crippen LogP contribution in [0.15, 0.2) is 24.3 Å². The highest BCUT2D eigenvalue weighted by atomic mass is 19.4. The van der Waals surface area contributed by atoms with E-state index < -0.39 is 17.3 Å². The van der Waals surface area contributed by atoms with Crippen LogP contribution in [0.5, 0.6) is 0 Å². The minimum Gasteiger partial charge on any atom is -0.321 e. The molecular formula is C16H22F3N. The lowest BCUT2D eigenvalue weighted by molar-refractivity contribution is -0.137. The van der Waals surface area contributed by atoms with Crippen molar-refractivity contribution in [1.29, 1.82) is 0 Å². The van der Waals surface area contributed by atoms with E-state index in [1.54, 1.807) is 6.07 Å². The molecule has 1 aromatic rings. The van der Waals surface area contributed by atoms with Crippen molar-refractivity contribution in [3.8, 4) is 0 Å². The number of halogens is 3. The van der Waals surface area contributed by atoms with Gasteiger partial charge in [-0.3, -0.25) is 0 Å². The van der Waals surface area contributed by atoms with Crippen molar-refractivity contribution in [2.45, 2.75) is 57.7 Å². The first-order chi connectivity index (χ1) is 9.12. The van der Waals surface area contributed by atoms with E-state index in [0.29, 0.717) is 5.56 Å². The van der Waals surface area contributed by atoms with Gasteiger partial charge in [0, 0.05) is 5.54 Å². The molecule has 1 unspecified atom stereocenters. The summed E-state index contributed by atoms with van der Waals surface area (Å²) in [7, 11) is 0. The topological polar surface area (TPSA) is 26.0 Å². The monoisotopic (exact) mass is 285 g/mol. The van der Waals surface area contributed by atoms with Crippen molar-refractivity contribution in [1.82, 2.24) is 0 Å². The molecule has 112 valence electrons. The Morgan fingerprint density at radius 1 is 1.05 bits per heavy atom. The van der Waals surface area contributed by atoms with E-state index >= 15 is 0 Å². The summed E-state index contributed by atoms with van der Waals surface area (Å²) < 4.78 is 38.5. The molecule has 20 heavy (non-hydrogen) atoms. The molecule has 4 heteroatoms. The Morgan fingerprint density at radius 3 is 2.40 bits per heavy atom. The second-order valence-electron chi connectivity index (χ2n) is 6.75. The van der Waals surface area contributed by atoms with Gasteiger partial charge < -0.3 is 5.73 Å². The molecule has 0 bridgehead atoms. The van der Waals surface area contributed by atoms with Gasteiger partial charge in [-0.25, -0.2) is 0 Å². The van der Waals surface area contributed by atoms with Crippen LogP contribution in [-0.4, -0.2) is 0 Å². The van der Waals surface area contributed by atoms with E-state index in [4.69, 9.17) is 5.73 Å². The van der Waals surface area contributed by atoms with Crippen molar-refractivity contribution < 1.29 is 13.2 Å². The second-order valence-corrected chi connectivity index (χ2v) is 6.75. The molecule has 2 rings (SSSR count). The Morgan fingerprint density at radius 2 is 1.75 bits per heavy atom. The largest absolute Gasteiger partial charge is 0.416 e. The van der Waals surface area contributed by atoms with Crippen molar-refractivity contribution in [3.05, 3.63) is 35.4 Å². The second kappa shape index (κ2) is 5.06. The van der Waals surface area contributed by atoms with E-state index in [0.717, 1.165) is 38.2 Å². The van der Waals surface area contributed by atoms with E-state index in [9.17, 15) is 13.2 Å². The van der Waals surface area contributed by atoms with Crippen LogP contribution in [0.1, 0.15) is 57.1 Å². The molecule has 0 saturated heterocycles. The fourth-order valence-electron chi connectivity index (χ4n) is 2.99. The van der Waals surface area contributed by atoms with E-state index in [1.807, 2.05) is 0 Å². The molecule has 0 aromatic heterocycles. The van der Waals surface area contributed by atoms with Crippen LogP contribution in [0.4, 0.5) is 13.2 Å². The molecule has 0 aliphatic heterocycles. The van der Waals surface area contributed by atoms with Crippen LogP contribution in [0.3, 0.4) is 0 Å². The normalized spacial score (nSPS) is 27.1. The van der Waals surface area contributed by atoms with Crippen molar-refractivity contribution in [3.63, 3.8) is 0 Å². The molecule has 1 fully saturated rings. The maximum Gasteiger partial charge on any atom is 0.416 e. The van der Waals surface area contributed by atoms with Crippen molar-refractivity contribution in [2.24, 2.45) is 11.1 Å². The summed E-state index contributed by atoms with van der Waals surface area (Å²) in [5.74, 6) is 0. The van der Waals surface area contributed by atoms with Crippen LogP contribution < -0.4 is 5.73 Å². The average Bonchev–Trinajstić information content (AvgIpc) is 2.49. The Balaban J connectivity index is 2.30. The van der Waals surface area contributed by atoms with Gasteiger partial charge in [-0.05, 0) is 48.8 Å². The first-order valence-electron chi connectivity index (χ1n) is 7.09. The highest BCUT2D eigenvalue weighted by molar-refractivity contribution is 5.31. The van der Waals surface area contributed by atoms with Crippen LogP contribution in [-0.2, 0) is 11.7 Å². The molecule has 1 aromatic carbocycles. The fraction of sp³-hybridized carbons (Fsp3) is 0.625. The van der Waals surface area contributed by atoms with Gasteiger partial charge in [-0.15, -0.1) is 0 Å². The van der Waals surface area contributed by atoms with Gasteiger partial charge in [-0.2, -0.15) is 13.2 Å². The number of hydrogen-bond acceptors (Lipinski definition) is 1. The molecule has 0 amide bonds. The lowest BCUT2D eigenvalue weighted by atomic mass is 9.81. The zero-order chi connectivity index (χ0) is 15.0. The quantitative estimate of drug-likeness (QED) is 0.733. The summed E-state index contributed by atoms with van der Waals surface area (Å²) in [4.78, 5) is 0.